The van der Waals surface area contributed by atoms with Gasteiger partial charge in [0.2, 0.25) is 5.82 Å². The second-order valence-electron chi connectivity index (χ2n) is 6.32. The number of aromatic nitrogens is 4. The lowest BCUT2D eigenvalue weighted by Crippen LogP contribution is -2.18. The molecule has 0 radical (unpaired) electrons. The molecule has 1 aliphatic heterocycles. The molecular weight excluding hydrogens is 328 g/mol. The second-order valence-corrected chi connectivity index (χ2v) is 6.32. The maximum absolute atomic E-state index is 9.30. The van der Waals surface area contributed by atoms with Gasteiger partial charge in [-0.05, 0) is 31.2 Å². The maximum Gasteiger partial charge on any atom is 0.236 e. The lowest BCUT2D eigenvalue weighted by atomic mass is 10.1. The van der Waals surface area contributed by atoms with E-state index in [4.69, 9.17) is 4.74 Å². The summed E-state index contributed by atoms with van der Waals surface area (Å²) in [7, 11) is 0. The fraction of sp³-hybridized carbons (Fsp3) is 0.368. The topological polar surface area (TPSA) is 88.7 Å². The summed E-state index contributed by atoms with van der Waals surface area (Å²) in [6, 6.07) is 12.3. The normalized spacial score (nSPS) is 17.1. The van der Waals surface area contributed by atoms with E-state index >= 15 is 0 Å². The summed E-state index contributed by atoms with van der Waals surface area (Å²) in [4.78, 5) is 13.2. The number of ether oxygens (including phenoxy) is 1. The van der Waals surface area contributed by atoms with E-state index in [1.54, 1.807) is 6.33 Å². The summed E-state index contributed by atoms with van der Waals surface area (Å²) in [6.45, 7) is 1.44. The van der Waals surface area contributed by atoms with Crippen LogP contribution in [0.3, 0.4) is 0 Å². The number of nitrogens with one attached hydrogen (secondary N) is 1. The lowest BCUT2D eigenvalue weighted by Gasteiger charge is -2.23. The van der Waals surface area contributed by atoms with Crippen molar-refractivity contribution in [2.75, 3.05) is 18.5 Å². The van der Waals surface area contributed by atoms with E-state index in [0.717, 1.165) is 32.3 Å². The molecule has 1 aliphatic rings. The molecule has 1 fully saturated rings. The van der Waals surface area contributed by atoms with Crippen LogP contribution in [0.4, 0.5) is 5.82 Å². The summed E-state index contributed by atoms with van der Waals surface area (Å²) in [5.41, 5.74) is 2.56. The van der Waals surface area contributed by atoms with Gasteiger partial charge < -0.3 is 10.1 Å². The molecule has 7 nitrogen and oxygen atoms in total. The zero-order valence-corrected chi connectivity index (χ0v) is 14.4. The van der Waals surface area contributed by atoms with Gasteiger partial charge in [-0.1, -0.05) is 30.3 Å². The number of hydrogen-bond donors (Lipinski definition) is 1. The average Bonchev–Trinajstić information content (AvgIpc) is 3.13. The van der Waals surface area contributed by atoms with Crippen LogP contribution in [-0.2, 0) is 11.2 Å². The Balaban J connectivity index is 1.59. The fourth-order valence-corrected chi connectivity index (χ4v) is 3.21. The molecule has 4 rings (SSSR count). The second kappa shape index (κ2) is 7.50. The van der Waals surface area contributed by atoms with Crippen LogP contribution in [0.1, 0.15) is 36.9 Å². The predicted octanol–water partition coefficient (Wildman–Crippen LogP) is 3.05. The van der Waals surface area contributed by atoms with Crippen LogP contribution in [0.2, 0.25) is 0 Å². The molecule has 0 saturated carbocycles. The highest BCUT2D eigenvalue weighted by Gasteiger charge is 2.21. The van der Waals surface area contributed by atoms with Crippen molar-refractivity contribution in [1.82, 2.24) is 19.5 Å². The Morgan fingerprint density at radius 1 is 1.23 bits per heavy atom. The molecule has 3 heterocycles. The average molecular weight is 348 g/mol. The van der Waals surface area contributed by atoms with Crippen LogP contribution in [0, 0.1) is 11.3 Å². The number of hydrogen-bond acceptors (Lipinski definition) is 6. The first kappa shape index (κ1) is 16.5. The van der Waals surface area contributed by atoms with Crippen molar-refractivity contribution in [2.24, 2.45) is 0 Å². The minimum atomic E-state index is -0.0765. The van der Waals surface area contributed by atoms with Gasteiger partial charge >= 0.3 is 0 Å². The van der Waals surface area contributed by atoms with Crippen LogP contribution in [0.5, 0.6) is 0 Å². The number of benzene rings is 1. The standard InChI is InChI=1S/C19H20N6O/c20-12-15-23-18(21-10-9-14-6-2-1-3-7-14)17-19(24-15)25(13-22-17)16-8-4-5-11-26-16/h1-3,6-7,13,16H,4-5,8-11H2,(H,21,23,24). The van der Waals surface area contributed by atoms with Crippen molar-refractivity contribution in [1.29, 1.82) is 5.26 Å². The lowest BCUT2D eigenvalue weighted by molar-refractivity contribution is -0.0298. The van der Waals surface area contributed by atoms with Gasteiger partial charge in [0.25, 0.3) is 0 Å². The smallest absolute Gasteiger partial charge is 0.236 e. The zero-order chi connectivity index (χ0) is 17.8. The summed E-state index contributed by atoms with van der Waals surface area (Å²) in [5, 5.41) is 12.6. The van der Waals surface area contributed by atoms with E-state index in [1.807, 2.05) is 28.8 Å². The monoisotopic (exact) mass is 348 g/mol. The van der Waals surface area contributed by atoms with Gasteiger partial charge in [-0.15, -0.1) is 0 Å². The molecule has 7 heteroatoms. The van der Waals surface area contributed by atoms with Crippen LogP contribution in [0.25, 0.3) is 11.2 Å². The Bertz CT molecular complexity index is 924. The highest BCUT2D eigenvalue weighted by atomic mass is 16.5. The number of nitrogens with zero attached hydrogens (tertiary/aromatic N) is 5. The molecule has 1 atom stereocenters. The van der Waals surface area contributed by atoms with Crippen LogP contribution in [0.15, 0.2) is 36.7 Å². The number of rotatable bonds is 5. The quantitative estimate of drug-likeness (QED) is 0.762. The van der Waals surface area contributed by atoms with Crippen molar-refractivity contribution in [2.45, 2.75) is 31.9 Å². The minimum absolute atomic E-state index is 0.0765. The van der Waals surface area contributed by atoms with Crippen LogP contribution >= 0.6 is 0 Å². The molecule has 1 unspecified atom stereocenters. The highest BCUT2D eigenvalue weighted by molar-refractivity contribution is 5.83. The van der Waals surface area contributed by atoms with Crippen LogP contribution in [-0.4, -0.2) is 32.7 Å². The molecular formula is C19H20N6O. The van der Waals surface area contributed by atoms with Crippen molar-refractivity contribution >= 4 is 17.0 Å². The Morgan fingerprint density at radius 3 is 2.88 bits per heavy atom. The van der Waals surface area contributed by atoms with Crippen molar-refractivity contribution in [3.05, 3.63) is 48.0 Å². The van der Waals surface area contributed by atoms with E-state index in [0.29, 0.717) is 23.5 Å². The van der Waals surface area contributed by atoms with E-state index in [2.05, 4.69) is 32.4 Å². The van der Waals surface area contributed by atoms with Gasteiger partial charge in [0, 0.05) is 13.2 Å². The summed E-state index contributed by atoms with van der Waals surface area (Å²) in [6.07, 6.45) is 5.64. The van der Waals surface area contributed by atoms with Gasteiger partial charge in [0.15, 0.2) is 17.0 Å². The number of anilines is 1. The largest absolute Gasteiger partial charge is 0.368 e. The Morgan fingerprint density at radius 2 is 2.12 bits per heavy atom. The molecule has 0 aliphatic carbocycles. The molecule has 1 saturated heterocycles. The minimum Gasteiger partial charge on any atom is -0.368 e. The highest BCUT2D eigenvalue weighted by Crippen LogP contribution is 2.27. The molecule has 0 spiro atoms. The third-order valence-electron chi connectivity index (χ3n) is 4.54. The first-order chi connectivity index (χ1) is 12.8. The molecule has 0 bridgehead atoms. The summed E-state index contributed by atoms with van der Waals surface area (Å²) in [5.74, 6) is 0.731. The van der Waals surface area contributed by atoms with Gasteiger partial charge in [0.05, 0.1) is 6.33 Å². The summed E-state index contributed by atoms with van der Waals surface area (Å²) >= 11 is 0. The molecule has 26 heavy (non-hydrogen) atoms. The predicted molar refractivity (Wildman–Crippen MR) is 97.5 cm³/mol. The number of imidazole rings is 1. The van der Waals surface area contributed by atoms with E-state index in [9.17, 15) is 5.26 Å². The number of fused-ring (bicyclic) bond motifs is 1. The first-order valence-electron chi connectivity index (χ1n) is 8.89. The Hall–Kier alpha value is -2.98. The van der Waals surface area contributed by atoms with E-state index in [1.165, 1.54) is 5.56 Å². The first-order valence-corrected chi connectivity index (χ1v) is 8.89. The van der Waals surface area contributed by atoms with Crippen LogP contribution < -0.4 is 5.32 Å². The van der Waals surface area contributed by atoms with E-state index in [-0.39, 0.29) is 12.1 Å². The fourth-order valence-electron chi connectivity index (χ4n) is 3.21. The molecule has 3 aromatic rings. The maximum atomic E-state index is 9.30. The van der Waals surface area contributed by atoms with Gasteiger partial charge in [-0.25, -0.2) is 4.98 Å². The SMILES string of the molecule is N#Cc1nc(NCCc2ccccc2)c2ncn(C3CCCCO3)c2n1. The van der Waals surface area contributed by atoms with Gasteiger partial charge in [-0.3, -0.25) is 4.57 Å². The third-order valence-corrected chi connectivity index (χ3v) is 4.54. The summed E-state index contributed by atoms with van der Waals surface area (Å²) < 4.78 is 7.76. The Kier molecular flexibility index (Phi) is 4.75. The Labute approximate surface area is 151 Å². The molecule has 132 valence electrons. The van der Waals surface area contributed by atoms with Crippen molar-refractivity contribution in [3.63, 3.8) is 0 Å². The molecule has 1 N–H and O–H groups in total. The third kappa shape index (κ3) is 3.37. The van der Waals surface area contributed by atoms with E-state index < -0.39 is 0 Å². The van der Waals surface area contributed by atoms with Crippen molar-refractivity contribution < 1.29 is 4.74 Å². The van der Waals surface area contributed by atoms with Crippen molar-refractivity contribution in [3.8, 4) is 6.07 Å². The van der Waals surface area contributed by atoms with Gasteiger partial charge in [0.1, 0.15) is 12.3 Å². The van der Waals surface area contributed by atoms with Gasteiger partial charge in [-0.2, -0.15) is 15.2 Å². The molecule has 0 amide bonds. The zero-order valence-electron chi connectivity index (χ0n) is 14.4. The molecule has 2 aromatic heterocycles. The molecule has 1 aromatic carbocycles. The number of nitriles is 1.